The number of benzene rings is 2. The van der Waals surface area contributed by atoms with Crippen LogP contribution in [0.5, 0.6) is 17.2 Å². The smallest absolute Gasteiger partial charge is 0.161 e. The van der Waals surface area contributed by atoms with Crippen molar-refractivity contribution in [1.82, 2.24) is 9.88 Å². The molecule has 0 bridgehead atoms. The molecule has 0 aliphatic carbocycles. The van der Waals surface area contributed by atoms with E-state index >= 15 is 0 Å². The van der Waals surface area contributed by atoms with Gasteiger partial charge < -0.3 is 18.9 Å². The number of morpholine rings is 1. The SMILES string of the molecule is COc1cc(CN2CCOCC2)ccc1OCCCCCOc1ccnc2cc(Cl)ccc12.Cl.Cl. The van der Waals surface area contributed by atoms with Crippen LogP contribution in [-0.4, -0.2) is 56.5 Å². The first-order chi connectivity index (χ1) is 16.2. The lowest BCUT2D eigenvalue weighted by atomic mass is 10.2. The van der Waals surface area contributed by atoms with Crippen LogP contribution in [-0.2, 0) is 11.3 Å². The molecule has 0 unspecified atom stereocenters. The molecule has 0 radical (unpaired) electrons. The average Bonchev–Trinajstić information content (AvgIpc) is 2.84. The molecule has 6 nitrogen and oxygen atoms in total. The van der Waals surface area contributed by atoms with Gasteiger partial charge in [-0.1, -0.05) is 17.7 Å². The standard InChI is InChI=1S/C26H31ClN2O4.2ClH/c1-30-26-17-20(19-29-11-15-31-16-12-29)5-8-25(26)33-14-4-2-3-13-32-24-9-10-28-23-18-21(27)6-7-22(23)24;;/h5-10,17-18H,2-4,11-16,19H2,1H3;2*1H. The molecule has 9 heteroatoms. The molecule has 192 valence electrons. The number of halogens is 3. The van der Waals surface area contributed by atoms with Gasteiger partial charge >= 0.3 is 0 Å². The highest BCUT2D eigenvalue weighted by atomic mass is 35.5. The predicted octanol–water partition coefficient (Wildman–Crippen LogP) is 6.20. The monoisotopic (exact) mass is 542 g/mol. The normalized spacial score (nSPS) is 13.5. The second-order valence-electron chi connectivity index (χ2n) is 8.10. The second-order valence-corrected chi connectivity index (χ2v) is 8.54. The van der Waals surface area contributed by atoms with Crippen LogP contribution >= 0.6 is 36.4 Å². The first-order valence-corrected chi connectivity index (χ1v) is 11.9. The van der Waals surface area contributed by atoms with Crippen molar-refractivity contribution in [2.75, 3.05) is 46.6 Å². The molecule has 0 N–H and O–H groups in total. The number of hydrogen-bond donors (Lipinski definition) is 0. The van der Waals surface area contributed by atoms with Crippen molar-refractivity contribution >= 4 is 47.3 Å². The number of nitrogens with zero attached hydrogens (tertiary/aromatic N) is 2. The molecule has 1 fully saturated rings. The zero-order valence-corrected chi connectivity index (χ0v) is 22.3. The van der Waals surface area contributed by atoms with Crippen LogP contribution in [0, 0.1) is 0 Å². The largest absolute Gasteiger partial charge is 0.493 e. The zero-order chi connectivity index (χ0) is 22.9. The average molecular weight is 544 g/mol. The van der Waals surface area contributed by atoms with Crippen molar-refractivity contribution in [3.05, 3.63) is 59.2 Å². The summed E-state index contributed by atoms with van der Waals surface area (Å²) in [5.41, 5.74) is 2.07. The lowest BCUT2D eigenvalue weighted by molar-refractivity contribution is 0.0341. The molecule has 0 saturated carbocycles. The first kappa shape index (κ1) is 29.3. The summed E-state index contributed by atoms with van der Waals surface area (Å²) in [5.74, 6) is 2.42. The van der Waals surface area contributed by atoms with Gasteiger partial charge in [-0.15, -0.1) is 24.8 Å². The molecular weight excluding hydrogens is 511 g/mol. The molecule has 0 amide bonds. The van der Waals surface area contributed by atoms with Crippen LogP contribution in [0.3, 0.4) is 0 Å². The fourth-order valence-electron chi connectivity index (χ4n) is 3.91. The third-order valence-electron chi connectivity index (χ3n) is 5.71. The van der Waals surface area contributed by atoms with E-state index in [0.29, 0.717) is 18.2 Å². The Hall–Kier alpha value is -1.96. The number of unbranched alkanes of at least 4 members (excludes halogenated alkanes) is 2. The Labute approximate surface area is 224 Å². The van der Waals surface area contributed by atoms with E-state index in [0.717, 1.165) is 80.3 Å². The molecule has 3 aromatic rings. The molecule has 0 spiro atoms. The molecule has 0 atom stereocenters. The number of fused-ring (bicyclic) bond motifs is 1. The number of aromatic nitrogens is 1. The lowest BCUT2D eigenvalue weighted by Crippen LogP contribution is -2.35. The van der Waals surface area contributed by atoms with Crippen LogP contribution in [0.1, 0.15) is 24.8 Å². The van der Waals surface area contributed by atoms with Crippen LogP contribution in [0.25, 0.3) is 10.9 Å². The van der Waals surface area contributed by atoms with E-state index in [1.165, 1.54) is 5.56 Å². The van der Waals surface area contributed by atoms with Crippen molar-refractivity contribution < 1.29 is 18.9 Å². The summed E-state index contributed by atoms with van der Waals surface area (Å²) >= 11 is 6.05. The van der Waals surface area contributed by atoms with Crippen molar-refractivity contribution in [3.63, 3.8) is 0 Å². The fourth-order valence-corrected chi connectivity index (χ4v) is 4.08. The number of hydrogen-bond acceptors (Lipinski definition) is 6. The van der Waals surface area contributed by atoms with Gasteiger partial charge in [0.15, 0.2) is 11.5 Å². The summed E-state index contributed by atoms with van der Waals surface area (Å²) < 4.78 is 23.0. The van der Waals surface area contributed by atoms with E-state index in [1.807, 2.05) is 30.3 Å². The molecule has 2 heterocycles. The van der Waals surface area contributed by atoms with Crippen LogP contribution in [0.2, 0.25) is 5.02 Å². The highest BCUT2D eigenvalue weighted by Crippen LogP contribution is 2.29. The summed E-state index contributed by atoms with van der Waals surface area (Å²) in [7, 11) is 1.69. The quantitative estimate of drug-likeness (QED) is 0.268. The van der Waals surface area contributed by atoms with E-state index in [9.17, 15) is 0 Å². The van der Waals surface area contributed by atoms with E-state index in [2.05, 4.69) is 22.0 Å². The summed E-state index contributed by atoms with van der Waals surface area (Å²) in [6.45, 7) is 5.75. The number of ether oxygens (including phenoxy) is 4. The molecule has 35 heavy (non-hydrogen) atoms. The van der Waals surface area contributed by atoms with E-state index in [4.69, 9.17) is 30.5 Å². The van der Waals surface area contributed by atoms with Gasteiger partial charge in [-0.25, -0.2) is 0 Å². The minimum absolute atomic E-state index is 0. The van der Waals surface area contributed by atoms with Gasteiger partial charge in [-0.05, 0) is 61.2 Å². The predicted molar refractivity (Wildman–Crippen MR) is 145 cm³/mol. The van der Waals surface area contributed by atoms with Gasteiger partial charge in [0.2, 0.25) is 0 Å². The Bertz CT molecular complexity index is 1050. The maximum atomic E-state index is 6.05. The molecule has 1 aromatic heterocycles. The molecule has 1 aliphatic heterocycles. The maximum absolute atomic E-state index is 6.05. The van der Waals surface area contributed by atoms with E-state index in [1.54, 1.807) is 13.3 Å². The van der Waals surface area contributed by atoms with Gasteiger partial charge in [-0.3, -0.25) is 9.88 Å². The van der Waals surface area contributed by atoms with E-state index in [-0.39, 0.29) is 24.8 Å². The topological polar surface area (TPSA) is 53.1 Å². The van der Waals surface area contributed by atoms with E-state index < -0.39 is 0 Å². The fraction of sp³-hybridized carbons (Fsp3) is 0.423. The van der Waals surface area contributed by atoms with Crippen molar-refractivity contribution in [2.45, 2.75) is 25.8 Å². The second kappa shape index (κ2) is 15.2. The Balaban J connectivity index is 0.00000216. The Morgan fingerprint density at radius 2 is 1.63 bits per heavy atom. The minimum atomic E-state index is 0. The molecular formula is C26H33Cl3N2O4. The number of rotatable bonds is 11. The van der Waals surface area contributed by atoms with Gasteiger partial charge in [0.25, 0.3) is 0 Å². The minimum Gasteiger partial charge on any atom is -0.493 e. The Kier molecular flexibility index (Phi) is 12.7. The molecule has 1 saturated heterocycles. The van der Waals surface area contributed by atoms with Gasteiger partial charge in [-0.2, -0.15) is 0 Å². The van der Waals surface area contributed by atoms with Crippen LogP contribution < -0.4 is 14.2 Å². The third kappa shape index (κ3) is 8.58. The summed E-state index contributed by atoms with van der Waals surface area (Å²) in [4.78, 5) is 6.74. The number of pyridine rings is 1. The number of methoxy groups -OCH3 is 1. The summed E-state index contributed by atoms with van der Waals surface area (Å²) in [5, 5.41) is 1.66. The third-order valence-corrected chi connectivity index (χ3v) is 5.94. The van der Waals surface area contributed by atoms with Crippen molar-refractivity contribution in [2.24, 2.45) is 0 Å². The molecule has 2 aromatic carbocycles. The Morgan fingerprint density at radius 3 is 2.37 bits per heavy atom. The summed E-state index contributed by atoms with van der Waals surface area (Å²) in [6, 6.07) is 13.8. The summed E-state index contributed by atoms with van der Waals surface area (Å²) in [6.07, 6.45) is 4.68. The van der Waals surface area contributed by atoms with Crippen LogP contribution in [0.15, 0.2) is 48.7 Å². The maximum Gasteiger partial charge on any atom is 0.161 e. The van der Waals surface area contributed by atoms with Gasteiger partial charge in [0.05, 0.1) is 39.1 Å². The molecule has 4 rings (SSSR count). The van der Waals surface area contributed by atoms with Crippen LogP contribution in [0.4, 0.5) is 0 Å². The van der Waals surface area contributed by atoms with Gasteiger partial charge in [0.1, 0.15) is 5.75 Å². The lowest BCUT2D eigenvalue weighted by Gasteiger charge is -2.26. The van der Waals surface area contributed by atoms with Crippen molar-refractivity contribution in [3.8, 4) is 17.2 Å². The van der Waals surface area contributed by atoms with Gasteiger partial charge in [0, 0.05) is 36.2 Å². The molecule has 1 aliphatic rings. The Morgan fingerprint density at radius 1 is 0.886 bits per heavy atom. The zero-order valence-electron chi connectivity index (χ0n) is 19.9. The first-order valence-electron chi connectivity index (χ1n) is 11.5. The van der Waals surface area contributed by atoms with Crippen molar-refractivity contribution in [1.29, 1.82) is 0 Å². The highest BCUT2D eigenvalue weighted by Gasteiger charge is 2.13. The highest BCUT2D eigenvalue weighted by molar-refractivity contribution is 6.31.